The van der Waals surface area contributed by atoms with Crippen LogP contribution < -0.4 is 5.32 Å². The lowest BCUT2D eigenvalue weighted by Gasteiger charge is -2.20. The van der Waals surface area contributed by atoms with E-state index >= 15 is 0 Å². The van der Waals surface area contributed by atoms with E-state index in [-0.39, 0.29) is 5.78 Å². The molecule has 2 nitrogen and oxygen atoms in total. The Kier molecular flexibility index (Phi) is 3.79. The van der Waals surface area contributed by atoms with Gasteiger partial charge in [0, 0.05) is 17.7 Å². The largest absolute Gasteiger partial charge is 0.312 e. The number of ketones is 1. The van der Waals surface area contributed by atoms with Crippen LogP contribution in [0.1, 0.15) is 27.0 Å². The SMILES string of the molecule is O=C(c1cccc(Cl)c1Cl)c1cccc2c1CCNC2. The Morgan fingerprint density at radius 1 is 1.05 bits per heavy atom. The molecule has 0 fully saturated rings. The minimum atomic E-state index is -0.0590. The van der Waals surface area contributed by atoms with Crippen LogP contribution in [-0.2, 0) is 13.0 Å². The van der Waals surface area contributed by atoms with Crippen molar-refractivity contribution in [2.45, 2.75) is 13.0 Å². The van der Waals surface area contributed by atoms with Crippen molar-refractivity contribution in [2.24, 2.45) is 0 Å². The highest BCUT2D eigenvalue weighted by atomic mass is 35.5. The van der Waals surface area contributed by atoms with Gasteiger partial charge in [-0.2, -0.15) is 0 Å². The summed E-state index contributed by atoms with van der Waals surface area (Å²) < 4.78 is 0. The van der Waals surface area contributed by atoms with Gasteiger partial charge >= 0.3 is 0 Å². The maximum atomic E-state index is 12.7. The Balaban J connectivity index is 2.09. The molecule has 0 atom stereocenters. The first-order chi connectivity index (χ1) is 9.68. The van der Waals surface area contributed by atoms with Gasteiger partial charge in [0.15, 0.2) is 5.78 Å². The first-order valence-electron chi connectivity index (χ1n) is 6.48. The van der Waals surface area contributed by atoms with Crippen LogP contribution >= 0.6 is 23.2 Å². The molecule has 4 heteroatoms. The minimum Gasteiger partial charge on any atom is -0.312 e. The zero-order valence-corrected chi connectivity index (χ0v) is 12.3. The van der Waals surface area contributed by atoms with E-state index in [1.54, 1.807) is 18.2 Å². The van der Waals surface area contributed by atoms with Gasteiger partial charge in [-0.1, -0.05) is 47.5 Å². The molecule has 0 unspecified atom stereocenters. The fourth-order valence-corrected chi connectivity index (χ4v) is 2.96. The van der Waals surface area contributed by atoms with Crippen molar-refractivity contribution in [1.29, 1.82) is 0 Å². The normalized spacial score (nSPS) is 13.9. The van der Waals surface area contributed by atoms with Gasteiger partial charge in [0.05, 0.1) is 10.0 Å². The van der Waals surface area contributed by atoms with Crippen LogP contribution in [0.25, 0.3) is 0 Å². The number of hydrogen-bond acceptors (Lipinski definition) is 2. The standard InChI is InChI=1S/C16H13Cl2NO/c17-14-6-2-5-13(15(14)18)16(20)12-4-1-3-10-9-19-8-7-11(10)12/h1-6,19H,7-9H2. The van der Waals surface area contributed by atoms with Crippen LogP contribution in [0.2, 0.25) is 10.0 Å². The van der Waals surface area contributed by atoms with E-state index in [0.717, 1.165) is 30.6 Å². The number of nitrogens with one attached hydrogen (secondary N) is 1. The molecule has 3 rings (SSSR count). The quantitative estimate of drug-likeness (QED) is 0.853. The van der Waals surface area contributed by atoms with E-state index in [2.05, 4.69) is 11.4 Å². The second kappa shape index (κ2) is 5.57. The van der Waals surface area contributed by atoms with Gasteiger partial charge in [0.2, 0.25) is 0 Å². The van der Waals surface area contributed by atoms with Gasteiger partial charge in [0.1, 0.15) is 0 Å². The summed E-state index contributed by atoms with van der Waals surface area (Å²) in [6.07, 6.45) is 0.857. The van der Waals surface area contributed by atoms with Crippen molar-refractivity contribution in [2.75, 3.05) is 6.54 Å². The first kappa shape index (κ1) is 13.6. The molecule has 2 aromatic carbocycles. The Bertz CT molecular complexity index is 682. The van der Waals surface area contributed by atoms with Crippen LogP contribution in [0, 0.1) is 0 Å². The van der Waals surface area contributed by atoms with Crippen LogP contribution in [-0.4, -0.2) is 12.3 Å². The van der Waals surface area contributed by atoms with Crippen molar-refractivity contribution < 1.29 is 4.79 Å². The summed E-state index contributed by atoms with van der Waals surface area (Å²) in [5.41, 5.74) is 3.49. The molecule has 0 saturated heterocycles. The molecular weight excluding hydrogens is 293 g/mol. The lowest BCUT2D eigenvalue weighted by Crippen LogP contribution is -2.25. The average Bonchev–Trinajstić information content (AvgIpc) is 2.49. The molecule has 0 aliphatic carbocycles. The molecule has 0 bridgehead atoms. The third-order valence-corrected chi connectivity index (χ3v) is 4.40. The van der Waals surface area contributed by atoms with Gasteiger partial charge in [-0.05, 0) is 36.2 Å². The lowest BCUT2D eigenvalue weighted by atomic mass is 9.91. The molecule has 0 amide bonds. The van der Waals surface area contributed by atoms with Gasteiger partial charge in [-0.15, -0.1) is 0 Å². The predicted molar refractivity (Wildman–Crippen MR) is 81.7 cm³/mol. The summed E-state index contributed by atoms with van der Waals surface area (Å²) in [5, 5.41) is 4.04. The number of hydrogen-bond donors (Lipinski definition) is 1. The van der Waals surface area contributed by atoms with E-state index in [0.29, 0.717) is 15.6 Å². The van der Waals surface area contributed by atoms with E-state index in [1.165, 1.54) is 5.56 Å². The molecule has 0 aromatic heterocycles. The number of rotatable bonds is 2. The third-order valence-electron chi connectivity index (χ3n) is 3.58. The van der Waals surface area contributed by atoms with Crippen molar-refractivity contribution in [3.8, 4) is 0 Å². The zero-order chi connectivity index (χ0) is 14.1. The van der Waals surface area contributed by atoms with Gasteiger partial charge < -0.3 is 5.32 Å². The summed E-state index contributed by atoms with van der Waals surface area (Å²) in [4.78, 5) is 12.7. The predicted octanol–water partition coefficient (Wildman–Crippen LogP) is 3.87. The Hall–Kier alpha value is -1.35. The van der Waals surface area contributed by atoms with Crippen molar-refractivity contribution in [3.05, 3.63) is 68.7 Å². The fourth-order valence-electron chi connectivity index (χ4n) is 2.57. The molecular formula is C16H13Cl2NO. The molecule has 0 radical (unpaired) electrons. The molecule has 102 valence electrons. The van der Waals surface area contributed by atoms with Crippen molar-refractivity contribution >= 4 is 29.0 Å². The number of fused-ring (bicyclic) bond motifs is 1. The summed E-state index contributed by atoms with van der Waals surface area (Å²) >= 11 is 12.2. The van der Waals surface area contributed by atoms with Gasteiger partial charge in [-0.3, -0.25) is 4.79 Å². The Morgan fingerprint density at radius 2 is 1.80 bits per heavy atom. The van der Waals surface area contributed by atoms with E-state index < -0.39 is 0 Å². The highest BCUT2D eigenvalue weighted by molar-refractivity contribution is 6.44. The molecule has 0 saturated carbocycles. The summed E-state index contributed by atoms with van der Waals surface area (Å²) in [5.74, 6) is -0.0590. The van der Waals surface area contributed by atoms with Crippen LogP contribution in [0.5, 0.6) is 0 Å². The third kappa shape index (κ3) is 2.35. The van der Waals surface area contributed by atoms with Crippen molar-refractivity contribution in [1.82, 2.24) is 5.32 Å². The number of carbonyl (C=O) groups is 1. The van der Waals surface area contributed by atoms with E-state index in [1.807, 2.05) is 12.1 Å². The monoisotopic (exact) mass is 305 g/mol. The van der Waals surface area contributed by atoms with Gasteiger partial charge in [-0.25, -0.2) is 0 Å². The average molecular weight is 306 g/mol. The summed E-state index contributed by atoms with van der Waals surface area (Å²) in [7, 11) is 0. The van der Waals surface area contributed by atoms with Gasteiger partial charge in [0.25, 0.3) is 0 Å². The molecule has 2 aromatic rings. The lowest BCUT2D eigenvalue weighted by molar-refractivity contribution is 0.103. The number of benzene rings is 2. The Morgan fingerprint density at radius 3 is 2.65 bits per heavy atom. The molecule has 20 heavy (non-hydrogen) atoms. The minimum absolute atomic E-state index is 0.0590. The van der Waals surface area contributed by atoms with Crippen LogP contribution in [0.3, 0.4) is 0 Å². The first-order valence-corrected chi connectivity index (χ1v) is 7.24. The molecule has 1 N–H and O–H groups in total. The second-order valence-electron chi connectivity index (χ2n) is 4.80. The summed E-state index contributed by atoms with van der Waals surface area (Å²) in [6, 6.07) is 11.0. The topological polar surface area (TPSA) is 29.1 Å². The smallest absolute Gasteiger partial charge is 0.194 e. The maximum absolute atomic E-state index is 12.7. The van der Waals surface area contributed by atoms with Crippen LogP contribution in [0.4, 0.5) is 0 Å². The molecule has 0 spiro atoms. The molecule has 1 aliphatic rings. The second-order valence-corrected chi connectivity index (χ2v) is 5.59. The summed E-state index contributed by atoms with van der Waals surface area (Å²) in [6.45, 7) is 1.69. The van der Waals surface area contributed by atoms with E-state index in [4.69, 9.17) is 23.2 Å². The zero-order valence-electron chi connectivity index (χ0n) is 10.7. The number of halogens is 2. The molecule has 1 aliphatic heterocycles. The highest BCUT2D eigenvalue weighted by Crippen LogP contribution is 2.29. The fraction of sp³-hybridized carbons (Fsp3) is 0.188. The Labute approximate surface area is 127 Å². The highest BCUT2D eigenvalue weighted by Gasteiger charge is 2.20. The van der Waals surface area contributed by atoms with E-state index in [9.17, 15) is 4.79 Å². The number of carbonyl (C=O) groups excluding carboxylic acids is 1. The van der Waals surface area contributed by atoms with Crippen LogP contribution in [0.15, 0.2) is 36.4 Å². The maximum Gasteiger partial charge on any atom is 0.194 e. The molecule has 1 heterocycles. The van der Waals surface area contributed by atoms with Crippen molar-refractivity contribution in [3.63, 3.8) is 0 Å².